The maximum absolute atomic E-state index is 12.2. The second kappa shape index (κ2) is 8.81. The van der Waals surface area contributed by atoms with E-state index in [9.17, 15) is 4.79 Å². The molecule has 2 atom stereocenters. The second-order valence-electron chi connectivity index (χ2n) is 6.20. The molecule has 7 nitrogen and oxygen atoms in total. The van der Waals surface area contributed by atoms with Gasteiger partial charge in [-0.3, -0.25) is 9.63 Å². The summed E-state index contributed by atoms with van der Waals surface area (Å²) in [6.07, 6.45) is 1.97. The molecule has 1 aromatic rings. The Morgan fingerprint density at radius 3 is 2.92 bits per heavy atom. The number of ether oxygens (including phenoxy) is 2. The van der Waals surface area contributed by atoms with Crippen LogP contribution in [0.2, 0.25) is 0 Å². The predicted molar refractivity (Wildman–Crippen MR) is 89.7 cm³/mol. The van der Waals surface area contributed by atoms with Crippen LogP contribution in [0, 0.1) is 11.3 Å². The molecule has 0 bridgehead atoms. The Labute approximate surface area is 147 Å². The Hall–Kier alpha value is -2.14. The van der Waals surface area contributed by atoms with Crippen LogP contribution in [0.1, 0.15) is 24.8 Å². The van der Waals surface area contributed by atoms with E-state index in [0.717, 1.165) is 19.6 Å². The van der Waals surface area contributed by atoms with Crippen molar-refractivity contribution in [2.75, 3.05) is 32.9 Å². The molecule has 2 heterocycles. The van der Waals surface area contributed by atoms with Gasteiger partial charge in [-0.05, 0) is 30.7 Å². The molecular formula is C18H23N3O4. The van der Waals surface area contributed by atoms with Gasteiger partial charge < -0.3 is 14.8 Å². The van der Waals surface area contributed by atoms with E-state index in [0.29, 0.717) is 43.9 Å². The van der Waals surface area contributed by atoms with Gasteiger partial charge in [0.05, 0.1) is 37.5 Å². The molecule has 0 radical (unpaired) electrons. The normalized spacial score (nSPS) is 23.8. The first-order valence-corrected chi connectivity index (χ1v) is 8.66. The van der Waals surface area contributed by atoms with E-state index in [4.69, 9.17) is 19.6 Å². The minimum absolute atomic E-state index is 0.0283. The Morgan fingerprint density at radius 2 is 2.20 bits per heavy atom. The van der Waals surface area contributed by atoms with Crippen LogP contribution in [-0.2, 0) is 14.4 Å². The van der Waals surface area contributed by atoms with Gasteiger partial charge in [-0.25, -0.2) is 0 Å². The van der Waals surface area contributed by atoms with Crippen LogP contribution < -0.4 is 10.1 Å². The van der Waals surface area contributed by atoms with Gasteiger partial charge in [0, 0.05) is 25.9 Å². The van der Waals surface area contributed by atoms with Crippen LogP contribution in [0.5, 0.6) is 5.75 Å². The molecule has 0 aliphatic carbocycles. The predicted octanol–water partition coefficient (Wildman–Crippen LogP) is 1.24. The summed E-state index contributed by atoms with van der Waals surface area (Å²) < 4.78 is 11.5. The van der Waals surface area contributed by atoms with Crippen molar-refractivity contribution in [1.82, 2.24) is 10.4 Å². The van der Waals surface area contributed by atoms with Gasteiger partial charge in [-0.15, -0.1) is 0 Å². The first kappa shape index (κ1) is 17.7. The number of benzene rings is 1. The zero-order valence-electron chi connectivity index (χ0n) is 14.1. The van der Waals surface area contributed by atoms with E-state index in [1.54, 1.807) is 24.3 Å². The monoisotopic (exact) mass is 345 g/mol. The summed E-state index contributed by atoms with van der Waals surface area (Å²) in [6.45, 7) is 3.26. The maximum Gasteiger partial charge on any atom is 0.221 e. The van der Waals surface area contributed by atoms with Crippen molar-refractivity contribution >= 4 is 5.91 Å². The maximum atomic E-state index is 12.2. The molecule has 0 saturated carbocycles. The molecule has 2 aliphatic rings. The third-order valence-electron chi connectivity index (χ3n) is 4.32. The van der Waals surface area contributed by atoms with Gasteiger partial charge in [0.1, 0.15) is 11.9 Å². The number of hydrogen-bond acceptors (Lipinski definition) is 6. The van der Waals surface area contributed by atoms with Crippen LogP contribution in [0.25, 0.3) is 0 Å². The van der Waals surface area contributed by atoms with Gasteiger partial charge >= 0.3 is 0 Å². The van der Waals surface area contributed by atoms with Crippen molar-refractivity contribution < 1.29 is 19.1 Å². The molecule has 134 valence electrons. The number of rotatable bonds is 6. The zero-order valence-corrected chi connectivity index (χ0v) is 14.1. The molecule has 7 heteroatoms. The number of carbonyl (C=O) groups excluding carboxylic acids is 1. The van der Waals surface area contributed by atoms with E-state index in [2.05, 4.69) is 11.4 Å². The third kappa shape index (κ3) is 5.16. The number of nitriles is 1. The van der Waals surface area contributed by atoms with Crippen molar-refractivity contribution in [1.29, 1.82) is 5.26 Å². The summed E-state index contributed by atoms with van der Waals surface area (Å²) in [5.74, 6) is 0.662. The zero-order chi connectivity index (χ0) is 17.5. The van der Waals surface area contributed by atoms with Crippen LogP contribution >= 0.6 is 0 Å². The molecular weight excluding hydrogens is 322 g/mol. The standard InChI is InChI=1S/C18H23N3O4/c19-12-14-2-4-15(5-3-14)25-17-7-11-23-13-16(17)20-18(22)6-9-21-8-1-10-24-21/h2-5,16-17H,1,6-11,13H2,(H,20,22)/t16-,17-/m1/s1. The highest BCUT2D eigenvalue weighted by atomic mass is 16.7. The summed E-state index contributed by atoms with van der Waals surface area (Å²) in [5, 5.41) is 13.7. The first-order chi connectivity index (χ1) is 12.2. The van der Waals surface area contributed by atoms with Crippen molar-refractivity contribution in [3.05, 3.63) is 29.8 Å². The number of nitrogens with one attached hydrogen (secondary N) is 1. The molecule has 0 unspecified atom stereocenters. The molecule has 3 rings (SSSR count). The fourth-order valence-electron chi connectivity index (χ4n) is 2.96. The summed E-state index contributed by atoms with van der Waals surface area (Å²) in [5.41, 5.74) is 0.591. The lowest BCUT2D eigenvalue weighted by atomic mass is 10.1. The molecule has 0 aromatic heterocycles. The van der Waals surface area contributed by atoms with Gasteiger partial charge in [0.2, 0.25) is 5.91 Å². The number of amides is 1. The summed E-state index contributed by atoms with van der Waals surface area (Å²) in [7, 11) is 0. The number of nitrogens with zero attached hydrogens (tertiary/aromatic N) is 2. The topological polar surface area (TPSA) is 83.8 Å². The molecule has 1 N–H and O–H groups in total. The lowest BCUT2D eigenvalue weighted by Gasteiger charge is -2.32. The SMILES string of the molecule is N#Cc1ccc(O[C@@H]2CCOC[C@H]2NC(=O)CCN2CCCO2)cc1. The molecule has 0 spiro atoms. The van der Waals surface area contributed by atoms with Crippen LogP contribution in [0.4, 0.5) is 0 Å². The Bertz CT molecular complexity index is 608. The molecule has 2 saturated heterocycles. The van der Waals surface area contributed by atoms with Crippen LogP contribution in [0.15, 0.2) is 24.3 Å². The largest absolute Gasteiger partial charge is 0.488 e. The summed E-state index contributed by atoms with van der Waals surface area (Å²) in [6, 6.07) is 8.89. The van der Waals surface area contributed by atoms with Gasteiger partial charge in [0.25, 0.3) is 0 Å². The summed E-state index contributed by atoms with van der Waals surface area (Å²) in [4.78, 5) is 17.6. The first-order valence-electron chi connectivity index (χ1n) is 8.66. The third-order valence-corrected chi connectivity index (χ3v) is 4.32. The average molecular weight is 345 g/mol. The number of hydrogen-bond donors (Lipinski definition) is 1. The minimum atomic E-state index is -0.184. The van der Waals surface area contributed by atoms with E-state index >= 15 is 0 Å². The highest BCUT2D eigenvalue weighted by molar-refractivity contribution is 5.76. The minimum Gasteiger partial charge on any atom is -0.488 e. The highest BCUT2D eigenvalue weighted by Crippen LogP contribution is 2.19. The molecule has 1 aromatic carbocycles. The smallest absolute Gasteiger partial charge is 0.221 e. The van der Waals surface area contributed by atoms with Crippen molar-refractivity contribution in [3.8, 4) is 11.8 Å². The Kier molecular flexibility index (Phi) is 6.23. The molecule has 2 aliphatic heterocycles. The van der Waals surface area contributed by atoms with E-state index < -0.39 is 0 Å². The van der Waals surface area contributed by atoms with Crippen LogP contribution in [-0.4, -0.2) is 56.0 Å². The highest BCUT2D eigenvalue weighted by Gasteiger charge is 2.29. The van der Waals surface area contributed by atoms with Crippen molar-refractivity contribution in [2.45, 2.75) is 31.4 Å². The van der Waals surface area contributed by atoms with Crippen molar-refractivity contribution in [3.63, 3.8) is 0 Å². The summed E-state index contributed by atoms with van der Waals surface area (Å²) >= 11 is 0. The molecule has 1 amide bonds. The average Bonchev–Trinajstić information content (AvgIpc) is 3.16. The lowest BCUT2D eigenvalue weighted by molar-refractivity contribution is -0.132. The van der Waals surface area contributed by atoms with E-state index in [1.165, 1.54) is 0 Å². The Balaban J connectivity index is 1.50. The van der Waals surface area contributed by atoms with Gasteiger partial charge in [-0.2, -0.15) is 10.3 Å². The van der Waals surface area contributed by atoms with Gasteiger partial charge in [0.15, 0.2) is 0 Å². The van der Waals surface area contributed by atoms with E-state index in [1.807, 2.05) is 5.06 Å². The molecule has 25 heavy (non-hydrogen) atoms. The van der Waals surface area contributed by atoms with Crippen molar-refractivity contribution in [2.24, 2.45) is 0 Å². The lowest BCUT2D eigenvalue weighted by Crippen LogP contribution is -2.52. The fraction of sp³-hybridized carbons (Fsp3) is 0.556. The Morgan fingerprint density at radius 1 is 1.36 bits per heavy atom. The van der Waals surface area contributed by atoms with E-state index in [-0.39, 0.29) is 18.1 Å². The number of hydroxylamine groups is 2. The number of carbonyl (C=O) groups is 1. The second-order valence-corrected chi connectivity index (χ2v) is 6.20. The van der Waals surface area contributed by atoms with Gasteiger partial charge in [-0.1, -0.05) is 0 Å². The quantitative estimate of drug-likeness (QED) is 0.835. The van der Waals surface area contributed by atoms with Crippen LogP contribution in [0.3, 0.4) is 0 Å². The molecule has 2 fully saturated rings. The fourth-order valence-corrected chi connectivity index (χ4v) is 2.96.